The number of amides is 1. The van der Waals surface area contributed by atoms with Gasteiger partial charge in [0.2, 0.25) is 10.9 Å². The number of methoxy groups -OCH3 is 1. The molecule has 1 amide bonds. The number of ether oxygens (including phenoxy) is 2. The Balaban J connectivity index is 1.48. The Labute approximate surface area is 228 Å². The Bertz CT molecular complexity index is 1750. The van der Waals surface area contributed by atoms with Gasteiger partial charge in [-0.15, -0.1) is 10.2 Å². The molecular formula is C30H25N3O5S. The first-order chi connectivity index (χ1) is 19.0. The van der Waals surface area contributed by atoms with Gasteiger partial charge in [-0.1, -0.05) is 73.7 Å². The molecule has 0 saturated heterocycles. The van der Waals surface area contributed by atoms with Crippen molar-refractivity contribution in [1.29, 1.82) is 0 Å². The number of anilines is 1. The van der Waals surface area contributed by atoms with Crippen LogP contribution in [0.5, 0.6) is 11.5 Å². The van der Waals surface area contributed by atoms with Crippen LogP contribution in [0.1, 0.15) is 58.1 Å². The third-order valence-corrected chi connectivity index (χ3v) is 7.87. The number of fused-ring (bicyclic) bond motifs is 2. The Hall–Kier alpha value is -4.50. The van der Waals surface area contributed by atoms with Crippen molar-refractivity contribution in [2.24, 2.45) is 0 Å². The van der Waals surface area contributed by atoms with Gasteiger partial charge in [-0.2, -0.15) is 0 Å². The maximum Gasteiger partial charge on any atom is 0.297 e. The second-order valence-electron chi connectivity index (χ2n) is 9.51. The SMILES string of the molecule is COc1cc(C2c3c(oc4ccccc4c3=O)C(=O)N2c2nnc(C(C)C)s2)ccc1OCc1ccccc1. The van der Waals surface area contributed by atoms with Crippen molar-refractivity contribution in [3.8, 4) is 11.5 Å². The van der Waals surface area contributed by atoms with Gasteiger partial charge < -0.3 is 13.9 Å². The molecular weight excluding hydrogens is 514 g/mol. The normalized spacial score (nSPS) is 14.7. The van der Waals surface area contributed by atoms with E-state index in [0.717, 1.165) is 10.6 Å². The number of hydrogen-bond acceptors (Lipinski definition) is 8. The maximum atomic E-state index is 13.8. The van der Waals surface area contributed by atoms with Crippen LogP contribution >= 0.6 is 11.3 Å². The van der Waals surface area contributed by atoms with Crippen LogP contribution in [0.25, 0.3) is 11.0 Å². The quantitative estimate of drug-likeness (QED) is 0.246. The van der Waals surface area contributed by atoms with E-state index >= 15 is 0 Å². The van der Waals surface area contributed by atoms with E-state index in [1.54, 1.807) is 43.5 Å². The second kappa shape index (κ2) is 9.99. The van der Waals surface area contributed by atoms with Crippen molar-refractivity contribution >= 4 is 33.3 Å². The zero-order valence-corrected chi connectivity index (χ0v) is 22.4. The summed E-state index contributed by atoms with van der Waals surface area (Å²) in [6, 6.07) is 21.4. The fraction of sp³-hybridized carbons (Fsp3) is 0.200. The van der Waals surface area contributed by atoms with Gasteiger partial charge in [-0.05, 0) is 35.4 Å². The highest BCUT2D eigenvalue weighted by atomic mass is 32.1. The van der Waals surface area contributed by atoms with E-state index < -0.39 is 11.9 Å². The Morgan fingerprint density at radius 1 is 0.974 bits per heavy atom. The second-order valence-corrected chi connectivity index (χ2v) is 10.5. The summed E-state index contributed by atoms with van der Waals surface area (Å²) in [7, 11) is 1.56. The van der Waals surface area contributed by atoms with Gasteiger partial charge in [0.15, 0.2) is 16.9 Å². The van der Waals surface area contributed by atoms with Crippen molar-refractivity contribution in [3.05, 3.63) is 110 Å². The number of carbonyl (C=O) groups excluding carboxylic acids is 1. The summed E-state index contributed by atoms with van der Waals surface area (Å²) in [5, 5.41) is 10.2. The fourth-order valence-corrected chi connectivity index (χ4v) is 5.57. The topological polar surface area (TPSA) is 94.8 Å². The Kier molecular flexibility index (Phi) is 6.36. The molecule has 1 atom stereocenters. The lowest BCUT2D eigenvalue weighted by atomic mass is 9.98. The van der Waals surface area contributed by atoms with Crippen LogP contribution in [-0.2, 0) is 6.61 Å². The van der Waals surface area contributed by atoms with Crippen LogP contribution in [0.3, 0.4) is 0 Å². The molecule has 0 fully saturated rings. The summed E-state index contributed by atoms with van der Waals surface area (Å²) in [5.74, 6) is 0.735. The first-order valence-electron chi connectivity index (χ1n) is 12.5. The van der Waals surface area contributed by atoms with E-state index in [1.165, 1.54) is 16.2 Å². The van der Waals surface area contributed by atoms with Crippen LogP contribution in [0.4, 0.5) is 5.13 Å². The Morgan fingerprint density at radius 2 is 1.74 bits per heavy atom. The van der Waals surface area contributed by atoms with Gasteiger partial charge in [0.05, 0.1) is 24.1 Å². The summed E-state index contributed by atoms with van der Waals surface area (Å²) >= 11 is 1.32. The van der Waals surface area contributed by atoms with Crippen LogP contribution in [-0.4, -0.2) is 23.2 Å². The number of benzene rings is 3. The maximum absolute atomic E-state index is 13.8. The molecule has 2 aromatic heterocycles. The number of carbonyl (C=O) groups is 1. The average molecular weight is 540 g/mol. The van der Waals surface area contributed by atoms with Crippen molar-refractivity contribution in [2.75, 3.05) is 12.0 Å². The minimum atomic E-state index is -0.779. The molecule has 0 aliphatic carbocycles. The third kappa shape index (κ3) is 4.34. The molecule has 1 unspecified atom stereocenters. The molecule has 39 heavy (non-hydrogen) atoms. The minimum Gasteiger partial charge on any atom is -0.493 e. The molecule has 0 spiro atoms. The van der Waals surface area contributed by atoms with Crippen molar-refractivity contribution in [1.82, 2.24) is 10.2 Å². The first kappa shape index (κ1) is 24.8. The highest BCUT2D eigenvalue weighted by Crippen LogP contribution is 2.44. The molecule has 196 valence electrons. The Morgan fingerprint density at radius 3 is 2.49 bits per heavy atom. The summed E-state index contributed by atoms with van der Waals surface area (Å²) in [6.45, 7) is 4.39. The fourth-order valence-electron chi connectivity index (χ4n) is 4.70. The lowest BCUT2D eigenvalue weighted by molar-refractivity contribution is 0.0970. The van der Waals surface area contributed by atoms with Gasteiger partial charge in [0, 0.05) is 5.92 Å². The number of aromatic nitrogens is 2. The molecule has 3 aromatic carbocycles. The molecule has 0 N–H and O–H groups in total. The van der Waals surface area contributed by atoms with Crippen LogP contribution in [0.15, 0.2) is 82.0 Å². The largest absolute Gasteiger partial charge is 0.493 e. The highest BCUT2D eigenvalue weighted by molar-refractivity contribution is 7.15. The number of para-hydroxylation sites is 1. The standard InChI is InChI=1S/C30H25N3O5S/c1-17(2)28-31-32-30(39-28)33-25(24-26(34)20-11-7-8-12-21(20)38-27(24)29(33)35)19-13-14-22(23(15-19)36-3)37-16-18-9-5-4-6-10-18/h4-15,17,25H,16H2,1-3H3. The molecule has 1 aliphatic rings. The van der Waals surface area contributed by atoms with E-state index in [1.807, 2.05) is 50.2 Å². The van der Waals surface area contributed by atoms with Crippen LogP contribution in [0.2, 0.25) is 0 Å². The van der Waals surface area contributed by atoms with Gasteiger partial charge >= 0.3 is 0 Å². The highest BCUT2D eigenvalue weighted by Gasteiger charge is 2.45. The zero-order chi connectivity index (χ0) is 27.1. The molecule has 9 heteroatoms. The zero-order valence-electron chi connectivity index (χ0n) is 21.6. The lowest BCUT2D eigenvalue weighted by Gasteiger charge is -2.23. The molecule has 6 rings (SSSR count). The number of hydrogen-bond donors (Lipinski definition) is 0. The minimum absolute atomic E-state index is 0.00775. The molecule has 0 radical (unpaired) electrons. The monoisotopic (exact) mass is 539 g/mol. The van der Waals surface area contributed by atoms with Crippen LogP contribution in [0, 0.1) is 0 Å². The van der Waals surface area contributed by atoms with Crippen molar-refractivity contribution in [3.63, 3.8) is 0 Å². The van der Waals surface area contributed by atoms with E-state index in [9.17, 15) is 9.59 Å². The summed E-state index contributed by atoms with van der Waals surface area (Å²) in [5.41, 5.74) is 2.05. The van der Waals surface area contributed by atoms with Gasteiger partial charge in [0.25, 0.3) is 5.91 Å². The summed E-state index contributed by atoms with van der Waals surface area (Å²) in [4.78, 5) is 29.1. The first-order valence-corrected chi connectivity index (χ1v) is 13.3. The van der Waals surface area contributed by atoms with E-state index in [4.69, 9.17) is 13.9 Å². The van der Waals surface area contributed by atoms with E-state index in [-0.39, 0.29) is 22.7 Å². The van der Waals surface area contributed by atoms with E-state index in [0.29, 0.717) is 39.8 Å². The molecule has 3 heterocycles. The van der Waals surface area contributed by atoms with E-state index in [2.05, 4.69) is 10.2 Å². The summed E-state index contributed by atoms with van der Waals surface area (Å²) in [6.07, 6.45) is 0. The average Bonchev–Trinajstić information content (AvgIpc) is 3.56. The van der Waals surface area contributed by atoms with Gasteiger partial charge in [-0.3, -0.25) is 14.5 Å². The molecule has 0 saturated carbocycles. The summed E-state index contributed by atoms with van der Waals surface area (Å²) < 4.78 is 17.7. The van der Waals surface area contributed by atoms with Crippen molar-refractivity contribution < 1.29 is 18.7 Å². The van der Waals surface area contributed by atoms with Crippen LogP contribution < -0.4 is 19.8 Å². The number of rotatable bonds is 7. The molecule has 5 aromatic rings. The third-order valence-electron chi connectivity index (χ3n) is 6.65. The van der Waals surface area contributed by atoms with Gasteiger partial charge in [0.1, 0.15) is 17.2 Å². The molecule has 0 bridgehead atoms. The van der Waals surface area contributed by atoms with Crippen molar-refractivity contribution in [2.45, 2.75) is 32.4 Å². The predicted octanol–water partition coefficient (Wildman–Crippen LogP) is 6.11. The molecule has 8 nitrogen and oxygen atoms in total. The smallest absolute Gasteiger partial charge is 0.297 e. The predicted molar refractivity (Wildman–Crippen MR) is 149 cm³/mol. The molecule has 1 aliphatic heterocycles. The number of nitrogens with zero attached hydrogens (tertiary/aromatic N) is 3. The lowest BCUT2D eigenvalue weighted by Crippen LogP contribution is -2.29. The van der Waals surface area contributed by atoms with Gasteiger partial charge in [-0.25, -0.2) is 0 Å².